The minimum absolute atomic E-state index is 0.104. The van der Waals surface area contributed by atoms with Crippen molar-refractivity contribution in [1.29, 1.82) is 0 Å². The third-order valence-corrected chi connectivity index (χ3v) is 3.95. The minimum Gasteiger partial charge on any atom is -0.352 e. The summed E-state index contributed by atoms with van der Waals surface area (Å²) in [5.41, 5.74) is 0. The summed E-state index contributed by atoms with van der Waals surface area (Å²) in [4.78, 5) is 17.2. The molecule has 17 heavy (non-hydrogen) atoms. The van der Waals surface area contributed by atoms with Crippen molar-refractivity contribution in [2.75, 3.05) is 0 Å². The summed E-state index contributed by atoms with van der Waals surface area (Å²) in [5, 5.41) is 7.37. The van der Waals surface area contributed by atoms with E-state index in [2.05, 4.69) is 22.5 Å². The van der Waals surface area contributed by atoms with Gasteiger partial charge in [-0.3, -0.25) is 4.79 Å². The van der Waals surface area contributed by atoms with E-state index < -0.39 is 0 Å². The van der Waals surface area contributed by atoms with Crippen LogP contribution in [0.3, 0.4) is 0 Å². The van der Waals surface area contributed by atoms with Crippen molar-refractivity contribution in [3.8, 4) is 0 Å². The lowest BCUT2D eigenvalue weighted by atomic mass is 10.3. The molecular formula is C12H19N3OS. The van der Waals surface area contributed by atoms with Crippen LogP contribution in [0.5, 0.6) is 0 Å². The number of hydrogen-bond donors (Lipinski definition) is 2. The second kappa shape index (κ2) is 5.60. The highest BCUT2D eigenvalue weighted by Gasteiger charge is 2.25. The molecule has 2 rings (SSSR count). The third kappa shape index (κ3) is 3.78. The van der Waals surface area contributed by atoms with E-state index in [1.807, 2.05) is 13.1 Å². The second-order valence-corrected chi connectivity index (χ2v) is 5.66. The predicted molar refractivity (Wildman–Crippen MR) is 69.0 cm³/mol. The van der Waals surface area contributed by atoms with Crippen LogP contribution in [0.2, 0.25) is 0 Å². The van der Waals surface area contributed by atoms with Crippen molar-refractivity contribution in [2.24, 2.45) is 0 Å². The van der Waals surface area contributed by atoms with Crippen molar-refractivity contribution in [3.63, 3.8) is 0 Å². The zero-order valence-electron chi connectivity index (χ0n) is 10.3. The predicted octanol–water partition coefficient (Wildman–Crippen LogP) is 1.46. The number of aryl methyl sites for hydroxylation is 1. The molecule has 1 aromatic heterocycles. The average molecular weight is 253 g/mol. The molecule has 5 heteroatoms. The van der Waals surface area contributed by atoms with Crippen molar-refractivity contribution in [2.45, 2.75) is 51.7 Å². The van der Waals surface area contributed by atoms with Gasteiger partial charge in [-0.2, -0.15) is 0 Å². The number of thiazole rings is 1. The van der Waals surface area contributed by atoms with Gasteiger partial charge in [0.2, 0.25) is 5.91 Å². The Bertz CT molecular complexity index is 387. The Labute approximate surface area is 106 Å². The molecule has 1 saturated carbocycles. The lowest BCUT2D eigenvalue weighted by molar-refractivity contribution is -0.122. The standard InChI is InChI=1S/C12H19N3OS/c1-3-11-14-7-10(17-11)6-13-8(2)12(16)15-9-4-5-9/h7-9,13H,3-6H2,1-2H3,(H,15,16). The van der Waals surface area contributed by atoms with E-state index in [1.165, 1.54) is 4.88 Å². The van der Waals surface area contributed by atoms with Gasteiger partial charge in [0.25, 0.3) is 0 Å². The number of rotatable bonds is 6. The molecule has 4 nitrogen and oxygen atoms in total. The quantitative estimate of drug-likeness (QED) is 0.807. The molecule has 0 spiro atoms. The van der Waals surface area contributed by atoms with E-state index in [4.69, 9.17) is 0 Å². The largest absolute Gasteiger partial charge is 0.352 e. The zero-order valence-corrected chi connectivity index (χ0v) is 11.1. The van der Waals surface area contributed by atoms with Gasteiger partial charge in [-0.15, -0.1) is 11.3 Å². The van der Waals surface area contributed by atoms with Crippen LogP contribution in [0.4, 0.5) is 0 Å². The van der Waals surface area contributed by atoms with Crippen LogP contribution < -0.4 is 10.6 Å². The lowest BCUT2D eigenvalue weighted by Crippen LogP contribution is -2.42. The maximum absolute atomic E-state index is 11.7. The van der Waals surface area contributed by atoms with Gasteiger partial charge < -0.3 is 10.6 Å². The smallest absolute Gasteiger partial charge is 0.237 e. The highest BCUT2D eigenvalue weighted by Crippen LogP contribution is 2.18. The van der Waals surface area contributed by atoms with Gasteiger partial charge in [-0.25, -0.2) is 4.98 Å². The lowest BCUT2D eigenvalue weighted by Gasteiger charge is -2.12. The van der Waals surface area contributed by atoms with E-state index in [0.29, 0.717) is 6.04 Å². The molecule has 2 N–H and O–H groups in total. The zero-order chi connectivity index (χ0) is 12.3. The number of carbonyl (C=O) groups is 1. The number of hydrogen-bond acceptors (Lipinski definition) is 4. The first-order chi connectivity index (χ1) is 8.19. The van der Waals surface area contributed by atoms with Crippen molar-refractivity contribution in [1.82, 2.24) is 15.6 Å². The normalized spacial score (nSPS) is 16.8. The van der Waals surface area contributed by atoms with Crippen LogP contribution in [0, 0.1) is 0 Å². The van der Waals surface area contributed by atoms with E-state index >= 15 is 0 Å². The summed E-state index contributed by atoms with van der Waals surface area (Å²) in [6.07, 6.45) is 5.13. The molecule has 1 aromatic rings. The molecule has 1 amide bonds. The molecule has 0 bridgehead atoms. The van der Waals surface area contributed by atoms with Crippen LogP contribution in [-0.4, -0.2) is 23.0 Å². The molecular weight excluding hydrogens is 234 g/mol. The van der Waals surface area contributed by atoms with Gasteiger partial charge in [0.1, 0.15) is 0 Å². The monoisotopic (exact) mass is 253 g/mol. The summed E-state index contributed by atoms with van der Waals surface area (Å²) in [5.74, 6) is 0.104. The van der Waals surface area contributed by atoms with E-state index in [0.717, 1.165) is 30.8 Å². The molecule has 1 aliphatic carbocycles. The summed E-state index contributed by atoms with van der Waals surface area (Å²) in [6, 6.07) is 0.296. The van der Waals surface area contributed by atoms with Crippen molar-refractivity contribution < 1.29 is 4.79 Å². The highest BCUT2D eigenvalue weighted by molar-refractivity contribution is 7.11. The molecule has 0 aliphatic heterocycles. The first kappa shape index (κ1) is 12.5. The van der Waals surface area contributed by atoms with Gasteiger partial charge in [0, 0.05) is 23.7 Å². The molecule has 0 aromatic carbocycles. The first-order valence-corrected chi connectivity index (χ1v) is 6.98. The fourth-order valence-electron chi connectivity index (χ4n) is 1.49. The van der Waals surface area contributed by atoms with Crippen LogP contribution in [0.1, 0.15) is 36.6 Å². The Morgan fingerprint density at radius 2 is 2.41 bits per heavy atom. The van der Waals surface area contributed by atoms with E-state index in [9.17, 15) is 4.79 Å². The van der Waals surface area contributed by atoms with Crippen LogP contribution in [0.15, 0.2) is 6.20 Å². The molecule has 1 unspecified atom stereocenters. The van der Waals surface area contributed by atoms with Crippen molar-refractivity contribution in [3.05, 3.63) is 16.1 Å². The molecule has 1 heterocycles. The SMILES string of the molecule is CCc1ncc(CNC(C)C(=O)NC2CC2)s1. The Morgan fingerprint density at radius 1 is 1.65 bits per heavy atom. The fraction of sp³-hybridized carbons (Fsp3) is 0.667. The highest BCUT2D eigenvalue weighted by atomic mass is 32.1. The topological polar surface area (TPSA) is 54.0 Å². The van der Waals surface area contributed by atoms with Crippen LogP contribution in [0.25, 0.3) is 0 Å². The Balaban J connectivity index is 1.74. The Hall–Kier alpha value is -0.940. The number of amides is 1. The average Bonchev–Trinajstić information content (AvgIpc) is 3.02. The number of carbonyl (C=O) groups excluding carboxylic acids is 1. The Morgan fingerprint density at radius 3 is 3.00 bits per heavy atom. The maximum Gasteiger partial charge on any atom is 0.237 e. The number of nitrogens with zero attached hydrogens (tertiary/aromatic N) is 1. The van der Waals surface area contributed by atoms with Crippen LogP contribution in [-0.2, 0) is 17.8 Å². The van der Waals surface area contributed by atoms with Gasteiger partial charge in [-0.05, 0) is 26.2 Å². The summed E-state index contributed by atoms with van der Waals surface area (Å²) >= 11 is 1.71. The van der Waals surface area contributed by atoms with E-state index in [1.54, 1.807) is 11.3 Å². The molecule has 0 saturated heterocycles. The third-order valence-electron chi connectivity index (χ3n) is 2.80. The molecule has 0 radical (unpaired) electrons. The maximum atomic E-state index is 11.7. The van der Waals surface area contributed by atoms with Crippen molar-refractivity contribution >= 4 is 17.2 Å². The molecule has 1 fully saturated rings. The van der Waals surface area contributed by atoms with Crippen LogP contribution >= 0.6 is 11.3 Å². The van der Waals surface area contributed by atoms with E-state index in [-0.39, 0.29) is 11.9 Å². The van der Waals surface area contributed by atoms with Gasteiger partial charge >= 0.3 is 0 Å². The number of nitrogens with one attached hydrogen (secondary N) is 2. The number of aromatic nitrogens is 1. The van der Waals surface area contributed by atoms with Gasteiger partial charge in [-0.1, -0.05) is 6.92 Å². The fourth-order valence-corrected chi connectivity index (χ4v) is 2.31. The summed E-state index contributed by atoms with van der Waals surface area (Å²) in [7, 11) is 0. The molecule has 1 atom stereocenters. The summed E-state index contributed by atoms with van der Waals surface area (Å²) < 4.78 is 0. The Kier molecular flexibility index (Phi) is 4.12. The minimum atomic E-state index is -0.136. The van der Waals surface area contributed by atoms with Gasteiger partial charge in [0.05, 0.1) is 11.0 Å². The molecule has 1 aliphatic rings. The molecule has 94 valence electrons. The first-order valence-electron chi connectivity index (χ1n) is 6.16. The second-order valence-electron chi connectivity index (χ2n) is 4.46. The summed E-state index contributed by atoms with van der Waals surface area (Å²) in [6.45, 7) is 4.72. The van der Waals surface area contributed by atoms with Gasteiger partial charge in [0.15, 0.2) is 0 Å².